The van der Waals surface area contributed by atoms with Crippen LogP contribution in [0.1, 0.15) is 64.3 Å². The van der Waals surface area contributed by atoms with Crippen molar-refractivity contribution in [2.75, 3.05) is 0 Å². The molecular formula is C25H35N3O2. The molecule has 0 spiro atoms. The zero-order valence-electron chi connectivity index (χ0n) is 18.9. The summed E-state index contributed by atoms with van der Waals surface area (Å²) in [6.07, 6.45) is 11.8. The maximum Gasteiger partial charge on any atom is 0.243 e. The van der Waals surface area contributed by atoms with Gasteiger partial charge < -0.3 is 10.1 Å². The van der Waals surface area contributed by atoms with Gasteiger partial charge in [0.15, 0.2) is 0 Å². The van der Waals surface area contributed by atoms with Crippen LogP contribution in [0.5, 0.6) is 5.88 Å². The Labute approximate surface area is 180 Å². The Balaban J connectivity index is 1.42. The van der Waals surface area contributed by atoms with Gasteiger partial charge in [-0.25, -0.2) is 4.98 Å². The van der Waals surface area contributed by atoms with Crippen molar-refractivity contribution in [3.05, 3.63) is 29.7 Å². The van der Waals surface area contributed by atoms with Crippen molar-refractivity contribution in [1.29, 1.82) is 0 Å². The Morgan fingerprint density at radius 1 is 1.20 bits per heavy atom. The van der Waals surface area contributed by atoms with E-state index in [-0.39, 0.29) is 23.5 Å². The van der Waals surface area contributed by atoms with Gasteiger partial charge in [0.2, 0.25) is 11.8 Å². The number of aromatic nitrogens is 2. The molecule has 162 valence electrons. The molecule has 8 atom stereocenters. The second kappa shape index (κ2) is 6.80. The number of hydrogen-bond acceptors (Lipinski definition) is 4. The van der Waals surface area contributed by atoms with Gasteiger partial charge in [-0.05, 0) is 81.1 Å². The van der Waals surface area contributed by atoms with E-state index in [9.17, 15) is 4.79 Å². The number of ether oxygens (including phenoxy) is 1. The zero-order chi connectivity index (χ0) is 21.3. The topological polar surface area (TPSA) is 64.1 Å². The van der Waals surface area contributed by atoms with Crippen molar-refractivity contribution < 1.29 is 9.53 Å². The summed E-state index contributed by atoms with van der Waals surface area (Å²) in [5.41, 5.74) is 2.19. The second-order valence-corrected chi connectivity index (χ2v) is 11.0. The van der Waals surface area contributed by atoms with E-state index in [0.717, 1.165) is 30.7 Å². The molecule has 1 aromatic rings. The predicted octanol–water partition coefficient (Wildman–Crippen LogP) is 4.38. The molecule has 4 aliphatic rings. The SMILES string of the molecule is Cc1cnc(C)c(OC2C[C@H]3[C@@H]4C(C)CC5NC(=O)C=C[C@]5(C)[C@@H]4CC[C@]3(C)C2)n1. The minimum Gasteiger partial charge on any atom is -0.473 e. The molecule has 0 saturated heterocycles. The van der Waals surface area contributed by atoms with Gasteiger partial charge in [-0.1, -0.05) is 26.8 Å². The molecule has 1 aromatic heterocycles. The normalized spacial score (nSPS) is 44.6. The van der Waals surface area contributed by atoms with E-state index < -0.39 is 0 Å². The highest BCUT2D eigenvalue weighted by molar-refractivity contribution is 5.89. The van der Waals surface area contributed by atoms with Crippen LogP contribution in [-0.2, 0) is 4.79 Å². The minimum atomic E-state index is 0.0734. The first-order chi connectivity index (χ1) is 14.2. The number of hydrogen-bond donors (Lipinski definition) is 1. The van der Waals surface area contributed by atoms with Crippen LogP contribution in [0.25, 0.3) is 0 Å². The van der Waals surface area contributed by atoms with Gasteiger partial charge in [-0.15, -0.1) is 0 Å². The molecule has 3 saturated carbocycles. The summed E-state index contributed by atoms with van der Waals surface area (Å²) in [4.78, 5) is 21.1. The average Bonchev–Trinajstić information content (AvgIpc) is 3.02. The Kier molecular flexibility index (Phi) is 4.53. The third-order valence-corrected chi connectivity index (χ3v) is 9.10. The van der Waals surface area contributed by atoms with Gasteiger partial charge in [-0.3, -0.25) is 9.78 Å². The number of rotatable bonds is 2. The summed E-state index contributed by atoms with van der Waals surface area (Å²) in [6.45, 7) is 11.2. The molecule has 1 N–H and O–H groups in total. The van der Waals surface area contributed by atoms with Crippen LogP contribution in [-0.4, -0.2) is 28.0 Å². The quantitative estimate of drug-likeness (QED) is 0.787. The molecular weight excluding hydrogens is 374 g/mol. The number of aryl methyl sites for hydroxylation is 2. The highest BCUT2D eigenvalue weighted by Crippen LogP contribution is 2.64. The number of fused-ring (bicyclic) bond motifs is 5. The highest BCUT2D eigenvalue weighted by atomic mass is 16.5. The van der Waals surface area contributed by atoms with Gasteiger partial charge in [0.25, 0.3) is 0 Å². The fourth-order valence-electron chi connectivity index (χ4n) is 7.55. The van der Waals surface area contributed by atoms with Crippen LogP contribution < -0.4 is 10.1 Å². The van der Waals surface area contributed by atoms with Crippen molar-refractivity contribution in [1.82, 2.24) is 15.3 Å². The van der Waals surface area contributed by atoms with Gasteiger partial charge in [0, 0.05) is 17.7 Å². The molecule has 3 unspecified atom stereocenters. The Hall–Kier alpha value is -1.91. The van der Waals surface area contributed by atoms with Crippen molar-refractivity contribution in [3.8, 4) is 5.88 Å². The number of nitrogens with one attached hydrogen (secondary N) is 1. The summed E-state index contributed by atoms with van der Waals surface area (Å²) in [5, 5.41) is 3.28. The molecule has 5 heteroatoms. The molecule has 1 amide bonds. The summed E-state index contributed by atoms with van der Waals surface area (Å²) >= 11 is 0. The first-order valence-electron chi connectivity index (χ1n) is 11.7. The van der Waals surface area contributed by atoms with Crippen molar-refractivity contribution >= 4 is 5.91 Å². The molecule has 5 nitrogen and oxygen atoms in total. The van der Waals surface area contributed by atoms with E-state index in [2.05, 4.69) is 42.1 Å². The van der Waals surface area contributed by atoms with Crippen molar-refractivity contribution in [3.63, 3.8) is 0 Å². The van der Waals surface area contributed by atoms with Crippen LogP contribution >= 0.6 is 0 Å². The summed E-state index contributed by atoms with van der Waals surface area (Å²) in [7, 11) is 0. The van der Waals surface area contributed by atoms with E-state index in [1.165, 1.54) is 12.8 Å². The molecule has 3 aliphatic carbocycles. The van der Waals surface area contributed by atoms with E-state index >= 15 is 0 Å². The average molecular weight is 410 g/mol. The van der Waals surface area contributed by atoms with Crippen LogP contribution in [0, 0.1) is 48.3 Å². The van der Waals surface area contributed by atoms with E-state index in [0.29, 0.717) is 35.0 Å². The van der Waals surface area contributed by atoms with Gasteiger partial charge >= 0.3 is 0 Å². The Bertz CT molecular complexity index is 898. The summed E-state index contributed by atoms with van der Waals surface area (Å²) in [6, 6.07) is 0.272. The molecule has 5 rings (SSSR count). The lowest BCUT2D eigenvalue weighted by atomic mass is 9.46. The molecule has 1 aliphatic heterocycles. The minimum absolute atomic E-state index is 0.0734. The van der Waals surface area contributed by atoms with E-state index in [4.69, 9.17) is 4.74 Å². The maximum absolute atomic E-state index is 12.0. The lowest BCUT2D eigenvalue weighted by molar-refractivity contribution is -0.124. The predicted molar refractivity (Wildman–Crippen MR) is 116 cm³/mol. The number of nitrogens with zero attached hydrogens (tertiary/aromatic N) is 2. The molecule has 2 heterocycles. The van der Waals surface area contributed by atoms with Crippen molar-refractivity contribution in [2.45, 2.75) is 78.9 Å². The fourth-order valence-corrected chi connectivity index (χ4v) is 7.55. The molecule has 0 aromatic carbocycles. The first kappa shape index (κ1) is 20.0. The lowest BCUT2D eigenvalue weighted by Gasteiger charge is -2.60. The molecule has 3 fully saturated rings. The van der Waals surface area contributed by atoms with Crippen LogP contribution in [0.3, 0.4) is 0 Å². The van der Waals surface area contributed by atoms with Crippen molar-refractivity contribution in [2.24, 2.45) is 34.5 Å². The van der Waals surface area contributed by atoms with Gasteiger partial charge in [0.05, 0.1) is 11.4 Å². The number of carbonyl (C=O) groups is 1. The van der Waals surface area contributed by atoms with Gasteiger partial charge in [-0.2, -0.15) is 0 Å². The maximum atomic E-state index is 12.0. The third-order valence-electron chi connectivity index (χ3n) is 9.10. The third kappa shape index (κ3) is 2.99. The molecule has 0 radical (unpaired) electrons. The smallest absolute Gasteiger partial charge is 0.243 e. The lowest BCUT2D eigenvalue weighted by Crippen LogP contribution is -2.61. The van der Waals surface area contributed by atoms with Crippen LogP contribution in [0.2, 0.25) is 0 Å². The van der Waals surface area contributed by atoms with Gasteiger partial charge in [0.1, 0.15) is 6.10 Å². The van der Waals surface area contributed by atoms with E-state index in [1.807, 2.05) is 13.8 Å². The van der Waals surface area contributed by atoms with Crippen LogP contribution in [0.15, 0.2) is 18.3 Å². The second-order valence-electron chi connectivity index (χ2n) is 11.0. The Morgan fingerprint density at radius 2 is 2.00 bits per heavy atom. The standard InChI is InChI=1S/C25H35N3O2/c1-14-10-20-25(5,9-7-21(29)28-20)18-6-8-24(4)12-17(11-19(24)22(14)18)30-23-16(3)26-13-15(2)27-23/h7,9,13-14,17-20,22H,6,8,10-12H2,1-5H3,(H,28,29)/t14?,17?,18-,19+,20?,22-,24-,25-/m1/s1. The van der Waals surface area contributed by atoms with Crippen LogP contribution in [0.4, 0.5) is 0 Å². The number of amides is 1. The first-order valence-corrected chi connectivity index (χ1v) is 11.7. The largest absolute Gasteiger partial charge is 0.473 e. The summed E-state index contributed by atoms with van der Waals surface area (Å²) < 4.78 is 6.46. The van der Waals surface area contributed by atoms with E-state index in [1.54, 1.807) is 12.3 Å². The number of carbonyl (C=O) groups excluding carboxylic acids is 1. The Morgan fingerprint density at radius 3 is 2.80 bits per heavy atom. The fraction of sp³-hybridized carbons (Fsp3) is 0.720. The summed E-state index contributed by atoms with van der Waals surface area (Å²) in [5.74, 6) is 3.37. The zero-order valence-corrected chi connectivity index (χ0v) is 18.9. The molecule has 0 bridgehead atoms. The highest BCUT2D eigenvalue weighted by Gasteiger charge is 2.60. The molecule has 30 heavy (non-hydrogen) atoms. The monoisotopic (exact) mass is 409 g/mol.